The van der Waals surface area contributed by atoms with Crippen molar-refractivity contribution in [3.05, 3.63) is 35.7 Å². The second kappa shape index (κ2) is 6.66. The van der Waals surface area contributed by atoms with Crippen molar-refractivity contribution in [3.63, 3.8) is 0 Å². The Bertz CT molecular complexity index is 571. The molecule has 0 aliphatic carbocycles. The normalized spacial score (nSPS) is 24.4. The van der Waals surface area contributed by atoms with E-state index in [2.05, 4.69) is 114 Å². The highest BCUT2D eigenvalue weighted by Gasteiger charge is 2.78. The first-order valence-corrected chi connectivity index (χ1v) is 27.1. The van der Waals surface area contributed by atoms with E-state index in [0.29, 0.717) is 8.57 Å². The highest BCUT2D eigenvalue weighted by atomic mass is 28.5. The van der Waals surface area contributed by atoms with Gasteiger partial charge in [-0.1, -0.05) is 127 Å². The predicted molar refractivity (Wildman–Crippen MR) is 141 cm³/mol. The number of allylic oxidation sites excluding steroid dienone is 4. The third kappa shape index (κ3) is 2.97. The van der Waals surface area contributed by atoms with Crippen molar-refractivity contribution < 1.29 is 0 Å². The first-order chi connectivity index (χ1) is 11.9. The van der Waals surface area contributed by atoms with Crippen LogP contribution in [0.2, 0.25) is 87.1 Å². The van der Waals surface area contributed by atoms with Crippen LogP contribution in [0.4, 0.5) is 0 Å². The van der Waals surface area contributed by atoms with Gasteiger partial charge in [0.2, 0.25) is 0 Å². The number of rotatable bonds is 4. The van der Waals surface area contributed by atoms with Gasteiger partial charge in [-0.15, -0.1) is 0 Å². The Hall–Kier alpha value is 0.304. The molecule has 0 amide bonds. The largest absolute Gasteiger partial charge is 0.103 e. The topological polar surface area (TPSA) is 0 Å². The van der Waals surface area contributed by atoms with Gasteiger partial charge < -0.3 is 0 Å². The lowest BCUT2D eigenvalue weighted by molar-refractivity contribution is 0.763. The van der Waals surface area contributed by atoms with Gasteiger partial charge in [-0.05, 0) is 8.57 Å². The summed E-state index contributed by atoms with van der Waals surface area (Å²) in [6.45, 7) is 32.7. The van der Waals surface area contributed by atoms with E-state index in [1.54, 1.807) is 0 Å². The van der Waals surface area contributed by atoms with E-state index in [1.165, 1.54) is 12.8 Å². The molecule has 154 valence electrons. The van der Waals surface area contributed by atoms with Crippen molar-refractivity contribution >= 4 is 40.4 Å². The van der Waals surface area contributed by atoms with E-state index in [9.17, 15) is 0 Å². The molecule has 0 aromatic carbocycles. The maximum absolute atomic E-state index is 2.88. The molecule has 0 nitrogen and oxygen atoms in total. The van der Waals surface area contributed by atoms with Crippen LogP contribution in [0.25, 0.3) is 0 Å². The van der Waals surface area contributed by atoms with Crippen molar-refractivity contribution in [1.82, 2.24) is 0 Å². The summed E-state index contributed by atoms with van der Waals surface area (Å²) < 4.78 is 1.29. The molecule has 27 heavy (non-hydrogen) atoms. The van der Waals surface area contributed by atoms with Gasteiger partial charge in [0.25, 0.3) is 0 Å². The molecule has 0 unspecified atom stereocenters. The van der Waals surface area contributed by atoms with Crippen LogP contribution in [-0.2, 0) is 0 Å². The van der Waals surface area contributed by atoms with Crippen LogP contribution in [0.15, 0.2) is 35.7 Å². The molecule has 0 saturated carbocycles. The quantitative estimate of drug-likeness (QED) is 0.381. The average Bonchev–Trinajstić information content (AvgIpc) is 2.53. The van der Waals surface area contributed by atoms with Crippen molar-refractivity contribution in [2.75, 3.05) is 0 Å². The molecule has 1 fully saturated rings. The summed E-state index contributed by atoms with van der Waals surface area (Å²) in [5.41, 5.74) is 5.76. The van der Waals surface area contributed by atoms with E-state index >= 15 is 0 Å². The van der Waals surface area contributed by atoms with Crippen LogP contribution in [0.1, 0.15) is 12.8 Å². The van der Waals surface area contributed by atoms with Gasteiger partial charge in [0.1, 0.15) is 8.07 Å². The van der Waals surface area contributed by atoms with E-state index in [-0.39, 0.29) is 0 Å². The fourth-order valence-corrected chi connectivity index (χ4v) is 59.9. The molecule has 0 aromatic rings. The lowest BCUT2D eigenvalue weighted by Crippen LogP contribution is -2.75. The van der Waals surface area contributed by atoms with Gasteiger partial charge in [0.15, 0.2) is 0 Å². The molecule has 0 N–H and O–H groups in total. The minimum atomic E-state index is -1.85. The Morgan fingerprint density at radius 2 is 0.741 bits per heavy atom. The minimum Gasteiger partial charge on any atom is -0.0904 e. The van der Waals surface area contributed by atoms with Crippen LogP contribution < -0.4 is 0 Å². The van der Waals surface area contributed by atoms with Gasteiger partial charge in [0, 0.05) is 32.3 Å². The summed E-state index contributed by atoms with van der Waals surface area (Å²) >= 11 is 0. The zero-order chi connectivity index (χ0) is 21.2. The molecule has 0 radical (unpaired) electrons. The fraction of sp³-hybridized carbons (Fsp3) is 0.727. The highest BCUT2D eigenvalue weighted by Crippen LogP contribution is 2.76. The Labute approximate surface area is 175 Å². The molecule has 1 spiro atoms. The first kappa shape index (κ1) is 23.6. The third-order valence-electron chi connectivity index (χ3n) is 8.46. The third-order valence-corrected chi connectivity index (χ3v) is 47.4. The molecular formula is C22H46Si5. The Morgan fingerprint density at radius 1 is 0.481 bits per heavy atom. The maximum Gasteiger partial charge on any atom is 0.103 e. The summed E-state index contributed by atoms with van der Waals surface area (Å²) in [6.07, 6.45) is 12.6. The lowest BCUT2D eigenvalue weighted by atomic mass is 10.4. The van der Waals surface area contributed by atoms with Gasteiger partial charge in [0.05, 0.1) is 0 Å². The summed E-state index contributed by atoms with van der Waals surface area (Å²) in [5.74, 6) is 0. The van der Waals surface area contributed by atoms with Crippen molar-refractivity contribution in [2.45, 2.75) is 100.0 Å². The lowest BCUT2D eigenvalue weighted by Gasteiger charge is -2.65. The summed E-state index contributed by atoms with van der Waals surface area (Å²) in [6, 6.07) is 0. The first-order valence-electron chi connectivity index (χ1n) is 11.0. The van der Waals surface area contributed by atoms with Gasteiger partial charge in [-0.3, -0.25) is 0 Å². The van der Waals surface area contributed by atoms with Crippen LogP contribution >= 0.6 is 0 Å². The second-order valence-corrected chi connectivity index (χ2v) is 41.8. The monoisotopic (exact) mass is 450 g/mol. The van der Waals surface area contributed by atoms with Crippen molar-refractivity contribution in [3.8, 4) is 0 Å². The zero-order valence-corrected chi connectivity index (χ0v) is 25.4. The molecule has 5 heteroatoms. The van der Waals surface area contributed by atoms with Crippen molar-refractivity contribution in [2.24, 2.45) is 0 Å². The van der Waals surface area contributed by atoms with E-state index in [1.807, 2.05) is 0 Å². The number of hydrogen-bond donors (Lipinski definition) is 0. The summed E-state index contributed by atoms with van der Waals surface area (Å²) in [4.78, 5) is 0. The molecule has 2 heterocycles. The highest BCUT2D eigenvalue weighted by molar-refractivity contribution is 7.29. The second-order valence-electron chi connectivity index (χ2n) is 13.3. The SMILES string of the molecule is C[Si](C)(C)C1([Si](C)(C)C)CCC([Si](C)(C)C)([Si](C)(C)C)[Si]12C=CC=CC=C2. The molecule has 2 rings (SSSR count). The molecule has 0 bridgehead atoms. The molecule has 2 aliphatic heterocycles. The van der Waals surface area contributed by atoms with E-state index in [0.717, 1.165) is 0 Å². The van der Waals surface area contributed by atoms with Crippen LogP contribution in [-0.4, -0.2) is 40.4 Å². The Balaban J connectivity index is 3.09. The standard InChI is InChI=1S/C22H46Si5/c1-23(2,3)21(24(4,5)6)17-18-22(25(7,8)9,26(10,11)12)27(21)19-15-13-14-16-20-27/h13-16,19-20H,17-18H2,1-12H3. The molecule has 0 atom stereocenters. The molecule has 2 aliphatic rings. The average molecular weight is 451 g/mol. The fourth-order valence-electron chi connectivity index (χ4n) is 8.55. The number of hydrogen-bond acceptors (Lipinski definition) is 0. The Kier molecular flexibility index (Phi) is 5.81. The van der Waals surface area contributed by atoms with E-state index in [4.69, 9.17) is 0 Å². The van der Waals surface area contributed by atoms with Crippen molar-refractivity contribution in [1.29, 1.82) is 0 Å². The van der Waals surface area contributed by atoms with Crippen LogP contribution in [0.5, 0.6) is 0 Å². The molecule has 0 aromatic heterocycles. The molecule has 1 saturated heterocycles. The zero-order valence-electron chi connectivity index (χ0n) is 20.4. The smallest absolute Gasteiger partial charge is 0.0904 e. The van der Waals surface area contributed by atoms with Crippen LogP contribution in [0, 0.1) is 0 Å². The minimum absolute atomic E-state index is 0.645. The van der Waals surface area contributed by atoms with Gasteiger partial charge in [-0.2, -0.15) is 0 Å². The summed E-state index contributed by atoms with van der Waals surface area (Å²) in [7, 11) is -7.45. The summed E-state index contributed by atoms with van der Waals surface area (Å²) in [5, 5.41) is 0. The van der Waals surface area contributed by atoms with Crippen LogP contribution in [0.3, 0.4) is 0 Å². The Morgan fingerprint density at radius 3 is 0.963 bits per heavy atom. The van der Waals surface area contributed by atoms with Gasteiger partial charge >= 0.3 is 0 Å². The van der Waals surface area contributed by atoms with E-state index < -0.39 is 40.4 Å². The molecular weight excluding hydrogens is 405 g/mol. The predicted octanol–water partition coefficient (Wildman–Crippen LogP) is 7.98. The maximum atomic E-state index is 2.88. The van der Waals surface area contributed by atoms with Gasteiger partial charge in [-0.25, -0.2) is 0 Å².